The zero-order chi connectivity index (χ0) is 21.8. The van der Waals surface area contributed by atoms with Crippen molar-refractivity contribution in [3.05, 3.63) is 28.3 Å². The Bertz CT molecular complexity index is 1000. The Morgan fingerprint density at radius 1 is 1.00 bits per heavy atom. The van der Waals surface area contributed by atoms with E-state index in [0.717, 1.165) is 44.2 Å². The van der Waals surface area contributed by atoms with Gasteiger partial charge in [-0.3, -0.25) is 9.69 Å². The highest BCUT2D eigenvalue weighted by molar-refractivity contribution is 7.90. The number of carbonyl (C=O) groups is 2. The van der Waals surface area contributed by atoms with E-state index in [0.29, 0.717) is 32.6 Å². The topological polar surface area (TPSA) is 98.8 Å². The summed E-state index contributed by atoms with van der Waals surface area (Å²) < 4.78 is 28.1. The molecule has 2 heterocycles. The summed E-state index contributed by atoms with van der Waals surface area (Å²) in [6.07, 6.45) is 6.56. The monoisotopic (exact) mass is 446 g/mol. The maximum Gasteiger partial charge on any atom is 0.332 e. The van der Waals surface area contributed by atoms with Gasteiger partial charge in [-0.15, -0.1) is 0 Å². The number of urea groups is 1. The second-order valence-electron chi connectivity index (χ2n) is 9.32. The number of amides is 3. The summed E-state index contributed by atoms with van der Waals surface area (Å²) in [5, 5.41) is 2.30. The molecule has 9 heteroatoms. The molecule has 2 saturated heterocycles. The fourth-order valence-electron chi connectivity index (χ4n) is 5.60. The fourth-order valence-corrected chi connectivity index (χ4v) is 6.88. The van der Waals surface area contributed by atoms with Crippen molar-refractivity contribution < 1.29 is 18.0 Å². The molecule has 0 saturated carbocycles. The molecule has 1 aromatic carbocycles. The minimum atomic E-state index is -3.77. The minimum Gasteiger partial charge on any atom is -0.340 e. The Morgan fingerprint density at radius 2 is 1.65 bits per heavy atom. The highest BCUT2D eigenvalue weighted by Crippen LogP contribution is 2.38. The van der Waals surface area contributed by atoms with Crippen LogP contribution in [0.5, 0.6) is 0 Å². The van der Waals surface area contributed by atoms with Gasteiger partial charge in [-0.1, -0.05) is 6.07 Å². The van der Waals surface area contributed by atoms with E-state index in [1.807, 2.05) is 0 Å². The summed E-state index contributed by atoms with van der Waals surface area (Å²) in [6, 6.07) is 1.84. The first-order chi connectivity index (χ1) is 14.8. The third kappa shape index (κ3) is 3.82. The lowest BCUT2D eigenvalue weighted by Gasteiger charge is -2.43. The average Bonchev–Trinajstić information content (AvgIpc) is 3.39. The summed E-state index contributed by atoms with van der Waals surface area (Å²) in [6.45, 7) is 3.92. The number of benzene rings is 1. The van der Waals surface area contributed by atoms with Gasteiger partial charge >= 0.3 is 6.03 Å². The van der Waals surface area contributed by atoms with Gasteiger partial charge in [0.1, 0.15) is 0 Å². The van der Waals surface area contributed by atoms with Gasteiger partial charge in [-0.2, -0.15) is 0 Å². The number of fused-ring (bicyclic) bond motifs is 2. The van der Waals surface area contributed by atoms with E-state index in [9.17, 15) is 18.0 Å². The minimum absolute atomic E-state index is 0.0526. The summed E-state index contributed by atoms with van der Waals surface area (Å²) in [7, 11) is -3.77. The van der Waals surface area contributed by atoms with Gasteiger partial charge in [0.25, 0.3) is 0 Å². The first-order valence-corrected chi connectivity index (χ1v) is 12.8. The second-order valence-corrected chi connectivity index (χ2v) is 11.3. The van der Waals surface area contributed by atoms with Gasteiger partial charge in [0.2, 0.25) is 15.9 Å². The van der Waals surface area contributed by atoms with E-state index in [4.69, 9.17) is 0 Å². The number of hydrogen-bond donors (Lipinski definition) is 2. The molecular weight excluding hydrogens is 416 g/mol. The summed E-state index contributed by atoms with van der Waals surface area (Å²) in [5.74, 6) is 0.0526. The number of nitrogens with zero attached hydrogens (tertiary/aromatic N) is 2. The molecule has 8 nitrogen and oxygen atoms in total. The summed E-state index contributed by atoms with van der Waals surface area (Å²) in [4.78, 5) is 28.0. The van der Waals surface area contributed by atoms with Crippen LogP contribution < -0.4 is 10.0 Å². The third-order valence-electron chi connectivity index (χ3n) is 7.39. The lowest BCUT2D eigenvalue weighted by molar-refractivity contribution is -0.135. The number of sulfonamides is 1. The molecule has 3 amide bonds. The molecular formula is C22H30N4O4S. The van der Waals surface area contributed by atoms with Gasteiger partial charge < -0.3 is 10.2 Å². The van der Waals surface area contributed by atoms with E-state index in [2.05, 4.69) is 21.0 Å². The first kappa shape index (κ1) is 20.8. The van der Waals surface area contributed by atoms with Crippen molar-refractivity contribution in [1.29, 1.82) is 0 Å². The lowest BCUT2D eigenvalue weighted by atomic mass is 9.99. The molecule has 2 aliphatic heterocycles. The molecule has 5 rings (SSSR count). The van der Waals surface area contributed by atoms with Crippen LogP contribution in [-0.4, -0.2) is 67.6 Å². The third-order valence-corrected chi connectivity index (χ3v) is 9.12. The summed E-state index contributed by atoms with van der Waals surface area (Å²) >= 11 is 0. The Morgan fingerprint density at radius 3 is 2.26 bits per heavy atom. The van der Waals surface area contributed by atoms with Gasteiger partial charge in [0, 0.05) is 38.3 Å². The highest BCUT2D eigenvalue weighted by atomic mass is 32.2. The predicted molar refractivity (Wildman–Crippen MR) is 118 cm³/mol. The predicted octanol–water partition coefficient (Wildman–Crippen LogP) is 1.42. The van der Waals surface area contributed by atoms with Crippen molar-refractivity contribution >= 4 is 27.6 Å². The van der Waals surface area contributed by atoms with E-state index in [1.54, 1.807) is 11.8 Å². The molecule has 2 aliphatic carbocycles. The normalized spacial score (nSPS) is 23.4. The average molecular weight is 447 g/mol. The Hall–Kier alpha value is -2.13. The van der Waals surface area contributed by atoms with Gasteiger partial charge in [0.15, 0.2) is 0 Å². The smallest absolute Gasteiger partial charge is 0.332 e. The molecule has 31 heavy (non-hydrogen) atoms. The SMILES string of the molecule is CC(=O)N1CC(N2CCC(S(=O)(=O)NC(=O)Nc3c4c(cc5c3CCC5)CCC4)C2)C1. The fraction of sp³-hybridized carbons (Fsp3) is 0.636. The molecule has 1 unspecified atom stereocenters. The Kier molecular flexibility index (Phi) is 5.21. The van der Waals surface area contributed by atoms with E-state index in [1.165, 1.54) is 22.3 Å². The standard InChI is InChI=1S/C22H30N4O4S/c1-14(27)26-11-17(12-26)25-9-8-18(13-25)31(29,30)24-22(28)23-21-19-6-2-4-15(19)10-16-5-3-7-20(16)21/h10,17-18H,2-9,11-13H2,1H3,(H2,23,24,28). The van der Waals surface area contributed by atoms with Crippen molar-refractivity contribution in [2.45, 2.75) is 63.2 Å². The van der Waals surface area contributed by atoms with Crippen molar-refractivity contribution in [3.63, 3.8) is 0 Å². The molecule has 0 spiro atoms. The molecule has 168 valence electrons. The number of rotatable bonds is 4. The van der Waals surface area contributed by atoms with Gasteiger partial charge in [0.05, 0.1) is 5.25 Å². The van der Waals surface area contributed by atoms with Crippen LogP contribution in [0.4, 0.5) is 10.5 Å². The largest absolute Gasteiger partial charge is 0.340 e. The Labute approximate surface area is 183 Å². The van der Waals surface area contributed by atoms with Crippen LogP contribution >= 0.6 is 0 Å². The zero-order valence-electron chi connectivity index (χ0n) is 17.9. The molecule has 0 aromatic heterocycles. The van der Waals surface area contributed by atoms with Crippen LogP contribution in [0.3, 0.4) is 0 Å². The quantitative estimate of drug-likeness (QED) is 0.729. The number of anilines is 1. The van der Waals surface area contributed by atoms with Crippen LogP contribution in [0.15, 0.2) is 6.07 Å². The number of nitrogens with one attached hydrogen (secondary N) is 2. The maximum absolute atomic E-state index is 12.9. The van der Waals surface area contributed by atoms with Gasteiger partial charge in [-0.25, -0.2) is 17.9 Å². The van der Waals surface area contributed by atoms with Gasteiger partial charge in [-0.05, 0) is 73.7 Å². The van der Waals surface area contributed by atoms with E-state index >= 15 is 0 Å². The van der Waals surface area contributed by atoms with Crippen LogP contribution in [0.25, 0.3) is 0 Å². The first-order valence-electron chi connectivity index (χ1n) is 11.3. The highest BCUT2D eigenvalue weighted by Gasteiger charge is 2.41. The molecule has 2 fully saturated rings. The number of likely N-dealkylation sites (tertiary alicyclic amines) is 2. The molecule has 1 aromatic rings. The molecule has 4 aliphatic rings. The van der Waals surface area contributed by atoms with Crippen molar-refractivity contribution in [1.82, 2.24) is 14.5 Å². The van der Waals surface area contributed by atoms with Crippen LogP contribution in [-0.2, 0) is 40.5 Å². The summed E-state index contributed by atoms with van der Waals surface area (Å²) in [5.41, 5.74) is 5.80. The van der Waals surface area contributed by atoms with Crippen molar-refractivity contribution in [2.75, 3.05) is 31.5 Å². The van der Waals surface area contributed by atoms with E-state index in [-0.39, 0.29) is 11.9 Å². The number of aryl methyl sites for hydroxylation is 2. The molecule has 0 bridgehead atoms. The molecule has 1 atom stereocenters. The number of carbonyl (C=O) groups excluding carboxylic acids is 2. The van der Waals surface area contributed by atoms with Crippen molar-refractivity contribution in [3.8, 4) is 0 Å². The zero-order valence-corrected chi connectivity index (χ0v) is 18.8. The molecule has 0 radical (unpaired) electrons. The van der Waals surface area contributed by atoms with Crippen LogP contribution in [0.2, 0.25) is 0 Å². The number of hydrogen-bond acceptors (Lipinski definition) is 5. The maximum atomic E-state index is 12.9. The van der Waals surface area contributed by atoms with Crippen LogP contribution in [0, 0.1) is 0 Å². The Balaban J connectivity index is 1.23. The second kappa shape index (κ2) is 7.78. The van der Waals surface area contributed by atoms with Crippen molar-refractivity contribution in [2.24, 2.45) is 0 Å². The molecule has 2 N–H and O–H groups in total. The lowest BCUT2D eigenvalue weighted by Crippen LogP contribution is -2.60. The van der Waals surface area contributed by atoms with E-state index < -0.39 is 21.3 Å². The van der Waals surface area contributed by atoms with Crippen LogP contribution in [0.1, 0.15) is 48.4 Å².